The molecule has 7 heteroatoms. The molecule has 0 saturated heterocycles. The zero-order valence-corrected chi connectivity index (χ0v) is 14.3. The minimum atomic E-state index is 0.471. The molecule has 0 atom stereocenters. The van der Waals surface area contributed by atoms with Gasteiger partial charge < -0.3 is 10.1 Å². The molecule has 0 aliphatic rings. The number of anilines is 1. The van der Waals surface area contributed by atoms with Gasteiger partial charge in [-0.3, -0.25) is 0 Å². The summed E-state index contributed by atoms with van der Waals surface area (Å²) in [6.07, 6.45) is 5.05. The second-order valence-electron chi connectivity index (χ2n) is 5.30. The molecule has 0 bridgehead atoms. The smallest absolute Gasteiger partial charge is 0.157 e. The molecule has 0 radical (unpaired) electrons. The second kappa shape index (κ2) is 7.31. The highest BCUT2D eigenvalue weighted by Gasteiger charge is 2.06. The van der Waals surface area contributed by atoms with Crippen molar-refractivity contribution in [3.63, 3.8) is 0 Å². The minimum Gasteiger partial charge on any atom is -0.488 e. The van der Waals surface area contributed by atoms with Gasteiger partial charge in [0.15, 0.2) is 5.75 Å². The van der Waals surface area contributed by atoms with Gasteiger partial charge in [0.25, 0.3) is 0 Å². The van der Waals surface area contributed by atoms with E-state index in [-0.39, 0.29) is 0 Å². The molecule has 0 unspecified atom stereocenters. The molecule has 124 valence electrons. The maximum Gasteiger partial charge on any atom is 0.157 e. The van der Waals surface area contributed by atoms with Crippen LogP contribution in [0.3, 0.4) is 0 Å². The molecule has 2 heterocycles. The normalized spacial score (nSPS) is 10.6. The Bertz CT molecular complexity index is 833. The third-order valence-corrected chi connectivity index (χ3v) is 4.00. The molecule has 1 N–H and O–H groups in total. The number of para-hydroxylation sites is 1. The second-order valence-corrected chi connectivity index (χ2v) is 5.68. The van der Waals surface area contributed by atoms with Crippen molar-refractivity contribution in [3.05, 3.63) is 59.3 Å². The third kappa shape index (κ3) is 3.65. The van der Waals surface area contributed by atoms with Gasteiger partial charge in [0.2, 0.25) is 0 Å². The van der Waals surface area contributed by atoms with Crippen LogP contribution in [0.2, 0.25) is 5.02 Å². The van der Waals surface area contributed by atoms with E-state index in [4.69, 9.17) is 16.3 Å². The van der Waals surface area contributed by atoms with Gasteiger partial charge in [-0.15, -0.1) is 0 Å². The van der Waals surface area contributed by atoms with Crippen molar-refractivity contribution < 1.29 is 4.74 Å². The molecular weight excluding hydrogens is 326 g/mol. The van der Waals surface area contributed by atoms with Crippen molar-refractivity contribution in [1.29, 1.82) is 0 Å². The highest BCUT2D eigenvalue weighted by molar-refractivity contribution is 6.33. The Kier molecular flexibility index (Phi) is 4.96. The summed E-state index contributed by atoms with van der Waals surface area (Å²) >= 11 is 6.13. The van der Waals surface area contributed by atoms with E-state index < -0.39 is 0 Å². The molecule has 0 amide bonds. The van der Waals surface area contributed by atoms with Crippen LogP contribution in [0.25, 0.3) is 5.69 Å². The van der Waals surface area contributed by atoms with Gasteiger partial charge in [0.1, 0.15) is 23.8 Å². The summed E-state index contributed by atoms with van der Waals surface area (Å²) in [5, 5.41) is 8.01. The highest BCUT2D eigenvalue weighted by atomic mass is 35.5. The number of nitrogens with zero attached hydrogens (tertiary/aromatic N) is 4. The Morgan fingerprint density at radius 1 is 1.21 bits per heavy atom. The van der Waals surface area contributed by atoms with Crippen LogP contribution >= 0.6 is 11.6 Å². The maximum atomic E-state index is 6.13. The van der Waals surface area contributed by atoms with Gasteiger partial charge in [-0.25, -0.2) is 14.6 Å². The summed E-state index contributed by atoms with van der Waals surface area (Å²) in [7, 11) is 0. The first-order valence-corrected chi connectivity index (χ1v) is 7.97. The maximum absolute atomic E-state index is 6.13. The lowest BCUT2D eigenvalue weighted by Crippen LogP contribution is -2.13. The minimum absolute atomic E-state index is 0.471. The van der Waals surface area contributed by atoms with Crippen LogP contribution in [0.15, 0.2) is 43.0 Å². The Labute approximate surface area is 145 Å². The van der Waals surface area contributed by atoms with Crippen LogP contribution in [-0.2, 0) is 0 Å². The van der Waals surface area contributed by atoms with Crippen LogP contribution in [-0.4, -0.2) is 32.9 Å². The fraction of sp³-hybridized carbons (Fsp3) is 0.235. The van der Waals surface area contributed by atoms with Crippen LogP contribution < -0.4 is 10.1 Å². The van der Waals surface area contributed by atoms with Gasteiger partial charge in [0.05, 0.1) is 30.3 Å². The Morgan fingerprint density at radius 2 is 2.04 bits per heavy atom. The van der Waals surface area contributed by atoms with Crippen molar-refractivity contribution in [2.75, 3.05) is 18.5 Å². The summed E-state index contributed by atoms with van der Waals surface area (Å²) in [4.78, 5) is 8.14. The van der Waals surface area contributed by atoms with E-state index in [0.717, 1.165) is 16.9 Å². The van der Waals surface area contributed by atoms with Crippen molar-refractivity contribution in [2.24, 2.45) is 0 Å². The van der Waals surface area contributed by atoms with Gasteiger partial charge in [-0.2, -0.15) is 5.10 Å². The molecule has 0 spiro atoms. The summed E-state index contributed by atoms with van der Waals surface area (Å²) in [6, 6.07) is 8.06. The molecule has 3 aromatic rings. The lowest BCUT2D eigenvalue weighted by Gasteiger charge is -2.08. The van der Waals surface area contributed by atoms with E-state index in [1.807, 2.05) is 36.0 Å². The summed E-state index contributed by atoms with van der Waals surface area (Å²) < 4.78 is 7.52. The Morgan fingerprint density at radius 3 is 2.88 bits per heavy atom. The summed E-state index contributed by atoms with van der Waals surface area (Å²) in [5.74, 6) is 1.33. The van der Waals surface area contributed by atoms with E-state index in [1.165, 1.54) is 6.33 Å². The number of rotatable bonds is 6. The molecule has 6 nitrogen and oxygen atoms in total. The molecule has 3 rings (SSSR count). The molecule has 0 aliphatic carbocycles. The van der Waals surface area contributed by atoms with E-state index in [2.05, 4.69) is 33.4 Å². The van der Waals surface area contributed by atoms with Crippen LogP contribution in [0.4, 0.5) is 5.82 Å². The summed E-state index contributed by atoms with van der Waals surface area (Å²) in [6.45, 7) is 4.94. The lowest BCUT2D eigenvalue weighted by atomic mass is 10.2. The molecular formula is C17H18ClN5O. The predicted molar refractivity (Wildman–Crippen MR) is 94.1 cm³/mol. The van der Waals surface area contributed by atoms with E-state index in [0.29, 0.717) is 29.7 Å². The zero-order valence-electron chi connectivity index (χ0n) is 13.5. The first kappa shape index (κ1) is 16.3. The highest BCUT2D eigenvalue weighted by Crippen LogP contribution is 2.20. The lowest BCUT2D eigenvalue weighted by molar-refractivity contribution is 0.332. The average Bonchev–Trinajstić information content (AvgIpc) is 3.04. The number of hydrogen-bond acceptors (Lipinski definition) is 5. The van der Waals surface area contributed by atoms with Crippen molar-refractivity contribution >= 4 is 17.4 Å². The number of ether oxygens (including phenoxy) is 1. The van der Waals surface area contributed by atoms with Crippen molar-refractivity contribution in [2.45, 2.75) is 13.8 Å². The average molecular weight is 344 g/mol. The SMILES string of the molecule is Cc1ccccc1-n1cc(OCCNc2ncnc(C)c2Cl)cn1. The van der Waals surface area contributed by atoms with Gasteiger partial charge in [0, 0.05) is 0 Å². The molecule has 1 aromatic carbocycles. The molecule has 24 heavy (non-hydrogen) atoms. The third-order valence-electron chi connectivity index (χ3n) is 3.55. The standard InChI is InChI=1S/C17H18ClN5O/c1-12-5-3-4-6-15(12)23-10-14(9-22-23)24-8-7-19-17-16(18)13(2)20-11-21-17/h3-6,9-11H,7-8H2,1-2H3,(H,19,20,21). The summed E-state index contributed by atoms with van der Waals surface area (Å²) in [5.41, 5.74) is 2.94. The first-order valence-electron chi connectivity index (χ1n) is 7.59. The van der Waals surface area contributed by atoms with Gasteiger partial charge >= 0.3 is 0 Å². The topological polar surface area (TPSA) is 64.9 Å². The van der Waals surface area contributed by atoms with E-state index in [9.17, 15) is 0 Å². The van der Waals surface area contributed by atoms with Gasteiger partial charge in [-0.1, -0.05) is 29.8 Å². The monoisotopic (exact) mass is 343 g/mol. The quantitative estimate of drug-likeness (QED) is 0.695. The number of benzene rings is 1. The largest absolute Gasteiger partial charge is 0.488 e. The van der Waals surface area contributed by atoms with Gasteiger partial charge in [-0.05, 0) is 25.5 Å². The van der Waals surface area contributed by atoms with Crippen LogP contribution in [0.5, 0.6) is 5.75 Å². The fourth-order valence-corrected chi connectivity index (χ4v) is 2.42. The number of aromatic nitrogens is 4. The predicted octanol–water partition coefficient (Wildman–Crippen LogP) is 3.42. The van der Waals surface area contributed by atoms with E-state index >= 15 is 0 Å². The number of nitrogens with one attached hydrogen (secondary N) is 1. The number of hydrogen-bond donors (Lipinski definition) is 1. The zero-order chi connectivity index (χ0) is 16.9. The fourth-order valence-electron chi connectivity index (χ4n) is 2.25. The van der Waals surface area contributed by atoms with Crippen LogP contribution in [0, 0.1) is 13.8 Å². The van der Waals surface area contributed by atoms with Crippen LogP contribution in [0.1, 0.15) is 11.3 Å². The first-order chi connectivity index (χ1) is 11.6. The van der Waals surface area contributed by atoms with Crippen molar-refractivity contribution in [1.82, 2.24) is 19.7 Å². The Balaban J connectivity index is 1.55. The van der Waals surface area contributed by atoms with E-state index in [1.54, 1.807) is 6.20 Å². The number of halogens is 1. The molecule has 0 aliphatic heterocycles. The Hall–Kier alpha value is -2.60. The molecule has 2 aromatic heterocycles. The van der Waals surface area contributed by atoms with Crippen molar-refractivity contribution in [3.8, 4) is 11.4 Å². The molecule has 0 fully saturated rings. The number of aryl methyl sites for hydroxylation is 2. The molecule has 0 saturated carbocycles.